The lowest BCUT2D eigenvalue weighted by Crippen LogP contribution is -2.43. The average molecular weight is 212 g/mol. The number of rotatable bonds is 8. The van der Waals surface area contributed by atoms with Crippen LogP contribution in [0.4, 0.5) is 0 Å². The van der Waals surface area contributed by atoms with E-state index in [1.165, 1.54) is 0 Å². The van der Waals surface area contributed by atoms with Gasteiger partial charge in [0.25, 0.3) is 5.91 Å². The van der Waals surface area contributed by atoms with Crippen LogP contribution in [0.25, 0.3) is 0 Å². The first-order chi connectivity index (χ1) is 7.11. The lowest BCUT2D eigenvalue weighted by atomic mass is 10.3. The normalized spacial score (nSPS) is 10.4. The number of amides is 1. The molecular weight excluding hydrogens is 188 g/mol. The van der Waals surface area contributed by atoms with Crippen LogP contribution >= 0.6 is 0 Å². The highest BCUT2D eigenvalue weighted by atomic mass is 16.2. The van der Waals surface area contributed by atoms with E-state index in [9.17, 15) is 4.79 Å². The average Bonchev–Trinajstić information content (AvgIpc) is 2.21. The van der Waals surface area contributed by atoms with Crippen molar-refractivity contribution in [2.75, 3.05) is 13.1 Å². The maximum absolute atomic E-state index is 11.4. The first kappa shape index (κ1) is 14.2. The molecule has 3 heteroatoms. The van der Waals surface area contributed by atoms with Crippen LogP contribution in [0.1, 0.15) is 46.5 Å². The molecule has 0 fully saturated rings. The summed E-state index contributed by atoms with van der Waals surface area (Å²) in [6.45, 7) is 11.5. The van der Waals surface area contributed by atoms with Crippen LogP contribution in [0.15, 0.2) is 12.2 Å². The van der Waals surface area contributed by atoms with Crippen LogP contribution in [0.5, 0.6) is 0 Å². The van der Waals surface area contributed by atoms with E-state index in [0.29, 0.717) is 5.57 Å². The van der Waals surface area contributed by atoms with Gasteiger partial charge in [-0.3, -0.25) is 10.2 Å². The minimum Gasteiger partial charge on any atom is -0.285 e. The van der Waals surface area contributed by atoms with Gasteiger partial charge in [-0.15, -0.1) is 0 Å². The second kappa shape index (κ2) is 8.48. The third-order valence-electron chi connectivity index (χ3n) is 2.21. The van der Waals surface area contributed by atoms with Gasteiger partial charge in [-0.05, 0) is 19.8 Å². The Hall–Kier alpha value is -0.830. The maximum Gasteiger partial charge on any atom is 0.260 e. The number of carbonyl (C=O) groups excluding carboxylic acids is 1. The molecule has 15 heavy (non-hydrogen) atoms. The molecule has 0 unspecified atom stereocenters. The molecule has 0 spiro atoms. The van der Waals surface area contributed by atoms with Crippen LogP contribution in [-0.4, -0.2) is 24.0 Å². The van der Waals surface area contributed by atoms with Crippen LogP contribution in [-0.2, 0) is 4.79 Å². The van der Waals surface area contributed by atoms with Crippen molar-refractivity contribution in [3.63, 3.8) is 0 Å². The molecule has 0 bridgehead atoms. The molecule has 0 aromatic carbocycles. The highest BCUT2D eigenvalue weighted by molar-refractivity contribution is 5.91. The van der Waals surface area contributed by atoms with Gasteiger partial charge in [0, 0.05) is 18.7 Å². The van der Waals surface area contributed by atoms with E-state index in [1.54, 1.807) is 6.92 Å². The van der Waals surface area contributed by atoms with Gasteiger partial charge in [0.2, 0.25) is 0 Å². The molecule has 0 saturated heterocycles. The van der Waals surface area contributed by atoms with Gasteiger partial charge in [-0.25, -0.2) is 5.01 Å². The lowest BCUT2D eigenvalue weighted by molar-refractivity contribution is -0.122. The zero-order chi connectivity index (χ0) is 11.7. The topological polar surface area (TPSA) is 32.3 Å². The zero-order valence-corrected chi connectivity index (χ0v) is 10.3. The number of unbranched alkanes of at least 4 members (excludes halogenated alkanes) is 2. The van der Waals surface area contributed by atoms with Crippen molar-refractivity contribution in [3.05, 3.63) is 12.2 Å². The second-order valence-corrected chi connectivity index (χ2v) is 3.92. The Balaban J connectivity index is 3.98. The molecule has 1 N–H and O–H groups in total. The van der Waals surface area contributed by atoms with Crippen molar-refractivity contribution in [2.45, 2.75) is 46.5 Å². The van der Waals surface area contributed by atoms with Crippen molar-refractivity contribution in [2.24, 2.45) is 0 Å². The van der Waals surface area contributed by atoms with E-state index in [1.807, 2.05) is 5.01 Å². The molecule has 0 aromatic rings. The maximum atomic E-state index is 11.4. The highest BCUT2D eigenvalue weighted by Crippen LogP contribution is 1.97. The van der Waals surface area contributed by atoms with Crippen molar-refractivity contribution in [1.82, 2.24) is 10.4 Å². The Morgan fingerprint density at radius 3 is 2.00 bits per heavy atom. The minimum absolute atomic E-state index is 0.0674. The number of hydrogen-bond acceptors (Lipinski definition) is 2. The molecule has 0 radical (unpaired) electrons. The number of hydrazine groups is 1. The quantitative estimate of drug-likeness (QED) is 0.495. The van der Waals surface area contributed by atoms with Crippen molar-refractivity contribution in [3.8, 4) is 0 Å². The molecule has 0 aliphatic carbocycles. The third kappa shape index (κ3) is 7.14. The zero-order valence-electron chi connectivity index (χ0n) is 10.3. The van der Waals surface area contributed by atoms with E-state index in [0.717, 1.165) is 38.8 Å². The van der Waals surface area contributed by atoms with Crippen LogP contribution in [0.3, 0.4) is 0 Å². The van der Waals surface area contributed by atoms with E-state index < -0.39 is 0 Å². The number of nitrogens with one attached hydrogen (secondary N) is 1. The molecule has 0 rings (SSSR count). The molecule has 0 aliphatic heterocycles. The van der Waals surface area contributed by atoms with Crippen molar-refractivity contribution >= 4 is 5.91 Å². The molecule has 88 valence electrons. The smallest absolute Gasteiger partial charge is 0.260 e. The Morgan fingerprint density at radius 2 is 1.67 bits per heavy atom. The molecule has 0 aliphatic rings. The van der Waals surface area contributed by atoms with Gasteiger partial charge in [-0.2, -0.15) is 0 Å². The van der Waals surface area contributed by atoms with E-state index in [4.69, 9.17) is 0 Å². The predicted molar refractivity (Wildman–Crippen MR) is 64.3 cm³/mol. The van der Waals surface area contributed by atoms with Gasteiger partial charge < -0.3 is 0 Å². The lowest BCUT2D eigenvalue weighted by Gasteiger charge is -2.22. The molecule has 0 saturated carbocycles. The molecule has 0 heterocycles. The monoisotopic (exact) mass is 212 g/mol. The van der Waals surface area contributed by atoms with Crippen LogP contribution in [0.2, 0.25) is 0 Å². The Morgan fingerprint density at radius 1 is 1.20 bits per heavy atom. The van der Waals surface area contributed by atoms with Gasteiger partial charge in [0.1, 0.15) is 0 Å². The number of carbonyl (C=O) groups is 1. The molecule has 0 aromatic heterocycles. The Bertz CT molecular complexity index is 194. The summed E-state index contributed by atoms with van der Waals surface area (Å²) in [5.41, 5.74) is 3.44. The summed E-state index contributed by atoms with van der Waals surface area (Å²) in [5.74, 6) is -0.0674. The van der Waals surface area contributed by atoms with Crippen molar-refractivity contribution in [1.29, 1.82) is 0 Å². The predicted octanol–water partition coefficient (Wildman–Crippen LogP) is 2.50. The van der Waals surface area contributed by atoms with Crippen LogP contribution in [0, 0.1) is 0 Å². The summed E-state index contributed by atoms with van der Waals surface area (Å²) in [6.07, 6.45) is 4.51. The fourth-order valence-corrected chi connectivity index (χ4v) is 1.16. The van der Waals surface area contributed by atoms with Crippen molar-refractivity contribution < 1.29 is 4.79 Å². The summed E-state index contributed by atoms with van der Waals surface area (Å²) in [7, 11) is 0. The summed E-state index contributed by atoms with van der Waals surface area (Å²) >= 11 is 0. The largest absolute Gasteiger partial charge is 0.285 e. The Labute approximate surface area is 93.5 Å². The molecule has 3 nitrogen and oxygen atoms in total. The van der Waals surface area contributed by atoms with E-state index in [-0.39, 0.29) is 5.91 Å². The summed E-state index contributed by atoms with van der Waals surface area (Å²) in [6, 6.07) is 0. The molecular formula is C12H24N2O. The summed E-state index contributed by atoms with van der Waals surface area (Å²) < 4.78 is 0. The van der Waals surface area contributed by atoms with Gasteiger partial charge in [-0.1, -0.05) is 33.3 Å². The highest BCUT2D eigenvalue weighted by Gasteiger charge is 2.08. The van der Waals surface area contributed by atoms with E-state index >= 15 is 0 Å². The third-order valence-corrected chi connectivity index (χ3v) is 2.21. The first-order valence-electron chi connectivity index (χ1n) is 5.83. The molecule has 0 atom stereocenters. The summed E-state index contributed by atoms with van der Waals surface area (Å²) in [4.78, 5) is 11.4. The summed E-state index contributed by atoms with van der Waals surface area (Å²) in [5, 5.41) is 2.00. The first-order valence-corrected chi connectivity index (χ1v) is 5.83. The fourth-order valence-electron chi connectivity index (χ4n) is 1.16. The fraction of sp³-hybridized carbons (Fsp3) is 0.750. The van der Waals surface area contributed by atoms with Gasteiger partial charge >= 0.3 is 0 Å². The van der Waals surface area contributed by atoms with E-state index in [2.05, 4.69) is 25.9 Å². The Kier molecular flexibility index (Phi) is 8.01. The number of nitrogens with zero attached hydrogens (tertiary/aromatic N) is 1. The van der Waals surface area contributed by atoms with Crippen LogP contribution < -0.4 is 5.43 Å². The second-order valence-electron chi connectivity index (χ2n) is 3.92. The minimum atomic E-state index is -0.0674. The van der Waals surface area contributed by atoms with Gasteiger partial charge in [0.05, 0.1) is 0 Å². The standard InChI is InChI=1S/C12H24N2O/c1-5-7-9-14(10-8-6-2)13-12(15)11(3)4/h3,5-10H2,1-2,4H3,(H,13,15). The van der Waals surface area contributed by atoms with Gasteiger partial charge in [0.15, 0.2) is 0 Å². The number of hydrogen-bond donors (Lipinski definition) is 1. The molecule has 1 amide bonds. The SMILES string of the molecule is C=C(C)C(=O)NN(CCCC)CCCC.